The Morgan fingerprint density at radius 1 is 1.32 bits per heavy atom. The molecule has 2 amide bonds. The van der Waals surface area contributed by atoms with E-state index < -0.39 is 22.0 Å². The predicted octanol–water partition coefficient (Wildman–Crippen LogP) is 0.563. The van der Waals surface area contributed by atoms with Crippen LogP contribution in [0.5, 0.6) is 0 Å². The second kappa shape index (κ2) is 5.70. The largest absolute Gasteiger partial charge is 0.462 e. The summed E-state index contributed by atoms with van der Waals surface area (Å²) in [5.74, 6) is -0.778. The molecule has 19 heavy (non-hydrogen) atoms. The summed E-state index contributed by atoms with van der Waals surface area (Å²) in [6, 6.07) is 4.31. The van der Waals surface area contributed by atoms with Crippen molar-refractivity contribution in [3.63, 3.8) is 0 Å². The molecule has 104 valence electrons. The SMILES string of the molecule is CCOC(=O)c1ccccc1S(=O)(=O)N(C)C(N)=O. The third-order valence-corrected chi connectivity index (χ3v) is 4.14. The van der Waals surface area contributed by atoms with Crippen molar-refractivity contribution in [1.82, 2.24) is 4.31 Å². The molecule has 0 spiro atoms. The summed E-state index contributed by atoms with van der Waals surface area (Å²) in [4.78, 5) is 22.3. The molecule has 8 heteroatoms. The minimum atomic E-state index is -4.17. The van der Waals surface area contributed by atoms with E-state index in [0.717, 1.165) is 7.05 Å². The molecule has 0 unspecified atom stereocenters. The van der Waals surface area contributed by atoms with Crippen molar-refractivity contribution in [2.75, 3.05) is 13.7 Å². The average Bonchev–Trinajstić information content (AvgIpc) is 2.38. The van der Waals surface area contributed by atoms with Crippen molar-refractivity contribution >= 4 is 22.0 Å². The lowest BCUT2D eigenvalue weighted by molar-refractivity contribution is 0.0521. The van der Waals surface area contributed by atoms with Crippen molar-refractivity contribution in [1.29, 1.82) is 0 Å². The highest BCUT2D eigenvalue weighted by atomic mass is 32.2. The third kappa shape index (κ3) is 3.02. The minimum absolute atomic E-state index is 0.110. The van der Waals surface area contributed by atoms with E-state index in [1.54, 1.807) is 6.92 Å². The number of esters is 1. The number of benzene rings is 1. The van der Waals surface area contributed by atoms with E-state index in [1.165, 1.54) is 24.3 Å². The number of carbonyl (C=O) groups excluding carboxylic acids is 2. The Kier molecular flexibility index (Phi) is 4.49. The van der Waals surface area contributed by atoms with Gasteiger partial charge in [-0.05, 0) is 19.1 Å². The van der Waals surface area contributed by atoms with E-state index in [-0.39, 0.29) is 17.1 Å². The van der Waals surface area contributed by atoms with Crippen LogP contribution in [0.4, 0.5) is 4.79 Å². The second-order valence-corrected chi connectivity index (χ2v) is 5.47. The molecular weight excluding hydrogens is 272 g/mol. The van der Waals surface area contributed by atoms with Gasteiger partial charge in [-0.25, -0.2) is 22.3 Å². The maximum Gasteiger partial charge on any atom is 0.339 e. The highest BCUT2D eigenvalue weighted by Gasteiger charge is 2.28. The number of hydrogen-bond donors (Lipinski definition) is 1. The van der Waals surface area contributed by atoms with Crippen LogP contribution in [0, 0.1) is 0 Å². The molecule has 0 atom stereocenters. The van der Waals surface area contributed by atoms with Gasteiger partial charge in [-0.3, -0.25) is 0 Å². The fourth-order valence-corrected chi connectivity index (χ4v) is 2.55. The summed E-state index contributed by atoms with van der Waals surface area (Å²) in [6.45, 7) is 1.71. The molecule has 0 fully saturated rings. The molecule has 1 rings (SSSR count). The first-order valence-electron chi connectivity index (χ1n) is 5.37. The summed E-state index contributed by atoms with van der Waals surface area (Å²) < 4.78 is 29.4. The monoisotopic (exact) mass is 286 g/mol. The van der Waals surface area contributed by atoms with Gasteiger partial charge >= 0.3 is 12.0 Å². The van der Waals surface area contributed by atoms with E-state index >= 15 is 0 Å². The van der Waals surface area contributed by atoms with Crippen molar-refractivity contribution in [2.45, 2.75) is 11.8 Å². The molecular formula is C11H14N2O5S. The molecule has 0 saturated carbocycles. The van der Waals surface area contributed by atoms with Gasteiger partial charge in [0.25, 0.3) is 10.0 Å². The molecule has 7 nitrogen and oxygen atoms in total. The normalized spacial score (nSPS) is 10.8. The van der Waals surface area contributed by atoms with E-state index in [9.17, 15) is 18.0 Å². The first kappa shape index (κ1) is 15.0. The molecule has 2 N–H and O–H groups in total. The summed E-state index contributed by atoms with van der Waals surface area (Å²) in [6.07, 6.45) is 0. The quantitative estimate of drug-likeness (QED) is 0.814. The van der Waals surface area contributed by atoms with E-state index in [1.807, 2.05) is 0 Å². The van der Waals surface area contributed by atoms with Crippen LogP contribution in [0.2, 0.25) is 0 Å². The standard InChI is InChI=1S/C11H14N2O5S/c1-3-18-10(14)8-6-4-5-7-9(8)19(16,17)13(2)11(12)15/h4-7H,3H2,1-2H3,(H2,12,15). The average molecular weight is 286 g/mol. The van der Waals surface area contributed by atoms with Gasteiger partial charge in [0.05, 0.1) is 12.2 Å². The maximum absolute atomic E-state index is 12.1. The van der Waals surface area contributed by atoms with E-state index in [0.29, 0.717) is 4.31 Å². The van der Waals surface area contributed by atoms with Gasteiger partial charge in [0.15, 0.2) is 0 Å². The molecule has 0 aromatic heterocycles. The Hall–Kier alpha value is -2.09. The zero-order chi connectivity index (χ0) is 14.6. The Bertz CT molecular complexity index is 597. The number of sulfonamides is 1. The molecule has 0 bridgehead atoms. The highest BCUT2D eigenvalue weighted by molar-refractivity contribution is 7.89. The topological polar surface area (TPSA) is 107 Å². The minimum Gasteiger partial charge on any atom is -0.462 e. The van der Waals surface area contributed by atoms with Crippen molar-refractivity contribution < 1.29 is 22.7 Å². The lowest BCUT2D eigenvalue weighted by atomic mass is 10.2. The van der Waals surface area contributed by atoms with Gasteiger partial charge in [0, 0.05) is 7.05 Å². The molecule has 0 aliphatic heterocycles. The third-order valence-electron chi connectivity index (χ3n) is 2.33. The molecule has 0 saturated heterocycles. The Balaban J connectivity index is 3.36. The number of nitrogens with zero attached hydrogens (tertiary/aromatic N) is 1. The fourth-order valence-electron chi connectivity index (χ4n) is 1.34. The number of carbonyl (C=O) groups is 2. The molecule has 0 aliphatic rings. The van der Waals surface area contributed by atoms with Crippen LogP contribution < -0.4 is 5.73 Å². The van der Waals surface area contributed by atoms with E-state index in [4.69, 9.17) is 10.5 Å². The van der Waals surface area contributed by atoms with Crippen molar-refractivity contribution in [2.24, 2.45) is 5.73 Å². The summed E-state index contributed by atoms with van der Waals surface area (Å²) in [7, 11) is -3.16. The van der Waals surface area contributed by atoms with Gasteiger partial charge in [0.1, 0.15) is 4.90 Å². The summed E-state index contributed by atoms with van der Waals surface area (Å²) in [5.41, 5.74) is 4.79. The van der Waals surface area contributed by atoms with Crippen LogP contribution in [-0.2, 0) is 14.8 Å². The number of rotatable bonds is 4. The van der Waals surface area contributed by atoms with Gasteiger partial charge in [-0.15, -0.1) is 0 Å². The zero-order valence-electron chi connectivity index (χ0n) is 10.5. The Morgan fingerprint density at radius 3 is 2.42 bits per heavy atom. The number of ether oxygens (including phenoxy) is 1. The first-order chi connectivity index (χ1) is 8.82. The number of primary amides is 1. The van der Waals surface area contributed by atoms with Crippen molar-refractivity contribution in [3.8, 4) is 0 Å². The maximum atomic E-state index is 12.1. The summed E-state index contributed by atoms with van der Waals surface area (Å²) >= 11 is 0. The second-order valence-electron chi connectivity index (χ2n) is 3.53. The van der Waals surface area contributed by atoms with Crippen LogP contribution in [0.1, 0.15) is 17.3 Å². The molecule has 0 aliphatic carbocycles. The lowest BCUT2D eigenvalue weighted by Crippen LogP contribution is -2.37. The summed E-state index contributed by atoms with van der Waals surface area (Å²) in [5, 5.41) is 0. The highest BCUT2D eigenvalue weighted by Crippen LogP contribution is 2.20. The zero-order valence-corrected chi connectivity index (χ0v) is 11.3. The Labute approximate surface area is 111 Å². The fraction of sp³-hybridized carbons (Fsp3) is 0.273. The smallest absolute Gasteiger partial charge is 0.339 e. The number of hydrogen-bond acceptors (Lipinski definition) is 5. The number of amides is 2. The van der Waals surface area contributed by atoms with Crippen molar-refractivity contribution in [3.05, 3.63) is 29.8 Å². The first-order valence-corrected chi connectivity index (χ1v) is 6.81. The van der Waals surface area contributed by atoms with Crippen LogP contribution in [-0.4, -0.2) is 38.4 Å². The number of nitrogens with two attached hydrogens (primary N) is 1. The molecule has 0 radical (unpaired) electrons. The lowest BCUT2D eigenvalue weighted by Gasteiger charge is -2.16. The van der Waals surface area contributed by atoms with Crippen LogP contribution in [0.3, 0.4) is 0 Å². The molecule has 1 aromatic carbocycles. The predicted molar refractivity (Wildman–Crippen MR) is 66.9 cm³/mol. The van der Waals surface area contributed by atoms with E-state index in [2.05, 4.69) is 0 Å². The van der Waals surface area contributed by atoms with Gasteiger partial charge in [-0.2, -0.15) is 0 Å². The van der Waals surface area contributed by atoms with Gasteiger partial charge in [-0.1, -0.05) is 12.1 Å². The van der Waals surface area contributed by atoms with Gasteiger partial charge in [0.2, 0.25) is 0 Å². The molecule has 0 heterocycles. The molecule has 1 aromatic rings. The van der Waals surface area contributed by atoms with Crippen LogP contribution in [0.15, 0.2) is 29.2 Å². The van der Waals surface area contributed by atoms with Crippen LogP contribution in [0.25, 0.3) is 0 Å². The number of urea groups is 1. The van der Waals surface area contributed by atoms with Crippen LogP contribution >= 0.6 is 0 Å². The Morgan fingerprint density at radius 2 is 1.89 bits per heavy atom. The van der Waals surface area contributed by atoms with Gasteiger partial charge < -0.3 is 10.5 Å².